The first-order valence-corrected chi connectivity index (χ1v) is 7.18. The van der Waals surface area contributed by atoms with E-state index in [-0.39, 0.29) is 16.6 Å². The van der Waals surface area contributed by atoms with Crippen LogP contribution in [0.2, 0.25) is 5.02 Å². The highest BCUT2D eigenvalue weighted by Gasteiger charge is 2.09. The van der Waals surface area contributed by atoms with Crippen molar-refractivity contribution in [2.24, 2.45) is 0 Å². The Bertz CT molecular complexity index is 431. The van der Waals surface area contributed by atoms with Crippen molar-refractivity contribution in [1.82, 2.24) is 15.1 Å². The predicted octanol–water partition coefficient (Wildman–Crippen LogP) is 2.35. The summed E-state index contributed by atoms with van der Waals surface area (Å²) in [7, 11) is 0. The lowest BCUT2D eigenvalue weighted by molar-refractivity contribution is 0.295. The number of hydrogen-bond donors (Lipinski definition) is 2. The fourth-order valence-corrected chi connectivity index (χ4v) is 2.13. The Morgan fingerprint density at radius 3 is 2.79 bits per heavy atom. The second-order valence-corrected chi connectivity index (χ2v) is 5.02. The minimum Gasteiger partial charge on any atom is -0.380 e. The Morgan fingerprint density at radius 2 is 2.16 bits per heavy atom. The molecule has 0 saturated heterocycles. The van der Waals surface area contributed by atoms with E-state index in [4.69, 9.17) is 11.6 Å². The molecule has 0 aromatic carbocycles. The maximum absolute atomic E-state index is 11.3. The number of H-pyrrole nitrogens is 1. The van der Waals surface area contributed by atoms with E-state index >= 15 is 0 Å². The second-order valence-electron chi connectivity index (χ2n) is 4.64. The Hall–Kier alpha value is -1.07. The highest BCUT2D eigenvalue weighted by atomic mass is 35.5. The Kier molecular flexibility index (Phi) is 6.87. The van der Waals surface area contributed by atoms with Crippen LogP contribution in [0, 0.1) is 0 Å². The van der Waals surface area contributed by atoms with E-state index in [1.165, 1.54) is 0 Å². The van der Waals surface area contributed by atoms with Crippen LogP contribution in [-0.2, 0) is 0 Å². The van der Waals surface area contributed by atoms with Crippen LogP contribution in [0.25, 0.3) is 0 Å². The van der Waals surface area contributed by atoms with Gasteiger partial charge in [-0.2, -0.15) is 5.10 Å². The summed E-state index contributed by atoms with van der Waals surface area (Å²) in [6, 6.07) is 0.261. The summed E-state index contributed by atoms with van der Waals surface area (Å²) in [5, 5.41) is 9.44. The normalized spacial score (nSPS) is 12.7. The van der Waals surface area contributed by atoms with Gasteiger partial charge >= 0.3 is 0 Å². The van der Waals surface area contributed by atoms with E-state index in [0.717, 1.165) is 32.5 Å². The first-order chi connectivity index (χ1) is 9.08. The first-order valence-electron chi connectivity index (χ1n) is 6.80. The van der Waals surface area contributed by atoms with Gasteiger partial charge in [0.25, 0.3) is 5.56 Å². The number of anilines is 1. The van der Waals surface area contributed by atoms with Crippen LogP contribution < -0.4 is 10.9 Å². The van der Waals surface area contributed by atoms with Gasteiger partial charge in [0, 0.05) is 6.04 Å². The summed E-state index contributed by atoms with van der Waals surface area (Å²) in [5.74, 6) is 0. The molecular formula is C13H23ClN4O. The van der Waals surface area contributed by atoms with E-state index < -0.39 is 0 Å². The van der Waals surface area contributed by atoms with E-state index in [0.29, 0.717) is 5.69 Å². The maximum Gasteiger partial charge on any atom is 0.285 e. The van der Waals surface area contributed by atoms with Crippen LogP contribution in [0.3, 0.4) is 0 Å². The van der Waals surface area contributed by atoms with E-state index in [1.807, 2.05) is 0 Å². The third-order valence-electron chi connectivity index (χ3n) is 3.20. The molecule has 1 rings (SSSR count). The molecule has 0 fully saturated rings. The molecule has 0 aliphatic rings. The first kappa shape index (κ1) is 16.0. The molecule has 0 spiro atoms. The Morgan fingerprint density at radius 1 is 1.47 bits per heavy atom. The van der Waals surface area contributed by atoms with Crippen LogP contribution in [0.4, 0.5) is 5.69 Å². The molecule has 19 heavy (non-hydrogen) atoms. The molecule has 0 aliphatic heterocycles. The van der Waals surface area contributed by atoms with Crippen molar-refractivity contribution in [3.05, 3.63) is 21.6 Å². The fourth-order valence-electron chi connectivity index (χ4n) is 1.98. The van der Waals surface area contributed by atoms with E-state index in [1.54, 1.807) is 6.20 Å². The highest BCUT2D eigenvalue weighted by molar-refractivity contribution is 6.32. The van der Waals surface area contributed by atoms with Crippen molar-refractivity contribution in [1.29, 1.82) is 0 Å². The zero-order valence-electron chi connectivity index (χ0n) is 11.9. The minimum atomic E-state index is -0.359. The van der Waals surface area contributed by atoms with Gasteiger partial charge in [0.15, 0.2) is 0 Å². The molecule has 0 amide bonds. The summed E-state index contributed by atoms with van der Waals surface area (Å²) < 4.78 is 0. The van der Waals surface area contributed by atoms with Crippen LogP contribution in [0.5, 0.6) is 0 Å². The van der Waals surface area contributed by atoms with Gasteiger partial charge in [0.2, 0.25) is 0 Å². The quantitative estimate of drug-likeness (QED) is 0.770. The number of aromatic amines is 1. The molecule has 5 nitrogen and oxygen atoms in total. The molecule has 1 aromatic heterocycles. The molecule has 0 bridgehead atoms. The van der Waals surface area contributed by atoms with Gasteiger partial charge in [0.05, 0.1) is 11.9 Å². The van der Waals surface area contributed by atoms with Crippen molar-refractivity contribution >= 4 is 17.3 Å². The number of hydrogen-bond acceptors (Lipinski definition) is 4. The maximum atomic E-state index is 11.3. The number of rotatable bonds is 8. The van der Waals surface area contributed by atoms with Crippen molar-refractivity contribution in [3.63, 3.8) is 0 Å². The van der Waals surface area contributed by atoms with Gasteiger partial charge in [-0.1, -0.05) is 25.4 Å². The zero-order chi connectivity index (χ0) is 14.3. The van der Waals surface area contributed by atoms with Gasteiger partial charge in [0.1, 0.15) is 5.02 Å². The largest absolute Gasteiger partial charge is 0.380 e. The molecule has 1 heterocycles. The highest BCUT2D eigenvalue weighted by Crippen LogP contribution is 2.16. The molecule has 1 aromatic rings. The monoisotopic (exact) mass is 286 g/mol. The number of aromatic nitrogens is 2. The van der Waals surface area contributed by atoms with Gasteiger partial charge < -0.3 is 10.2 Å². The molecule has 6 heteroatoms. The average molecular weight is 287 g/mol. The predicted molar refractivity (Wildman–Crippen MR) is 80.0 cm³/mol. The molecule has 0 saturated carbocycles. The van der Waals surface area contributed by atoms with Crippen LogP contribution in [0.15, 0.2) is 11.0 Å². The molecular weight excluding hydrogens is 264 g/mol. The summed E-state index contributed by atoms with van der Waals surface area (Å²) >= 11 is 5.91. The summed E-state index contributed by atoms with van der Waals surface area (Å²) in [6.45, 7) is 9.70. The zero-order valence-corrected chi connectivity index (χ0v) is 12.6. The number of nitrogens with zero attached hydrogens (tertiary/aromatic N) is 2. The van der Waals surface area contributed by atoms with Crippen LogP contribution in [0.1, 0.15) is 33.6 Å². The van der Waals surface area contributed by atoms with Gasteiger partial charge in [-0.3, -0.25) is 4.79 Å². The van der Waals surface area contributed by atoms with Gasteiger partial charge in [-0.25, -0.2) is 5.10 Å². The second kappa shape index (κ2) is 8.17. The molecule has 1 atom stereocenters. The third-order valence-corrected chi connectivity index (χ3v) is 3.58. The van der Waals surface area contributed by atoms with Crippen molar-refractivity contribution in [2.45, 2.75) is 39.7 Å². The summed E-state index contributed by atoms with van der Waals surface area (Å²) in [6.07, 6.45) is 3.69. The molecule has 108 valence electrons. The smallest absolute Gasteiger partial charge is 0.285 e. The van der Waals surface area contributed by atoms with Crippen LogP contribution in [-0.4, -0.2) is 40.8 Å². The van der Waals surface area contributed by atoms with Gasteiger partial charge in [-0.15, -0.1) is 0 Å². The lowest BCUT2D eigenvalue weighted by Gasteiger charge is -2.20. The topological polar surface area (TPSA) is 61.0 Å². The standard InChI is InChI=1S/C13H23ClN4O/c1-4-18(5-2)8-6-7-10(3)16-11-9-15-17-13(19)12(11)14/h9-10H,4-8H2,1-3H3,(H2,16,17,19). The lowest BCUT2D eigenvalue weighted by atomic mass is 10.1. The molecule has 2 N–H and O–H groups in total. The van der Waals surface area contributed by atoms with Crippen LogP contribution >= 0.6 is 11.6 Å². The molecule has 0 radical (unpaired) electrons. The lowest BCUT2D eigenvalue weighted by Crippen LogP contribution is -2.26. The summed E-state index contributed by atoms with van der Waals surface area (Å²) in [5.41, 5.74) is 0.239. The molecule has 1 unspecified atom stereocenters. The third kappa shape index (κ3) is 5.20. The van der Waals surface area contributed by atoms with Crippen molar-refractivity contribution < 1.29 is 0 Å². The SMILES string of the molecule is CCN(CC)CCCC(C)Nc1cn[nH]c(=O)c1Cl. The van der Waals surface area contributed by atoms with Crippen molar-refractivity contribution in [3.8, 4) is 0 Å². The van der Waals surface area contributed by atoms with Gasteiger partial charge in [-0.05, 0) is 39.4 Å². The van der Waals surface area contributed by atoms with Crippen molar-refractivity contribution in [2.75, 3.05) is 25.0 Å². The molecule has 0 aliphatic carbocycles. The Balaban J connectivity index is 2.41. The average Bonchev–Trinajstić information content (AvgIpc) is 2.40. The summed E-state index contributed by atoms with van der Waals surface area (Å²) in [4.78, 5) is 13.7. The fraction of sp³-hybridized carbons (Fsp3) is 0.692. The number of halogens is 1. The minimum absolute atomic E-state index is 0.172. The Labute approximate surface area is 119 Å². The van der Waals surface area contributed by atoms with E-state index in [2.05, 4.69) is 41.2 Å². The van der Waals surface area contributed by atoms with E-state index in [9.17, 15) is 4.79 Å². The number of nitrogens with one attached hydrogen (secondary N) is 2.